The molecular weight excluding hydrogens is 344 g/mol. The Balaban J connectivity index is 2.41. The molecule has 0 atom stereocenters. The van der Waals surface area contributed by atoms with Crippen LogP contribution in [-0.2, 0) is 6.54 Å². The fourth-order valence-corrected chi connectivity index (χ4v) is 2.81. The van der Waals surface area contributed by atoms with Crippen molar-refractivity contribution in [2.24, 2.45) is 5.73 Å². The van der Waals surface area contributed by atoms with Gasteiger partial charge in [-0.3, -0.25) is 0 Å². The van der Waals surface area contributed by atoms with Gasteiger partial charge in [-0.2, -0.15) is 0 Å². The summed E-state index contributed by atoms with van der Waals surface area (Å²) in [5.74, 6) is 0. The Hall–Kier alpha value is -1.39. The second-order valence-corrected chi connectivity index (χ2v) is 6.59. The average molecular weight is 363 g/mol. The Morgan fingerprint density at radius 3 is 2.43 bits per heavy atom. The molecule has 0 fully saturated rings. The molecule has 0 aliphatic rings. The molecule has 0 aliphatic heterocycles. The van der Waals surface area contributed by atoms with E-state index in [9.17, 15) is 0 Å². The largest absolute Gasteiger partial charge is 0.389 e. The van der Waals surface area contributed by atoms with Gasteiger partial charge in [-0.05, 0) is 37.6 Å². The summed E-state index contributed by atoms with van der Waals surface area (Å²) in [6.07, 6.45) is 0. The second-order valence-electron chi connectivity index (χ2n) is 5.23. The summed E-state index contributed by atoms with van der Waals surface area (Å²) in [6.45, 7) is 5.18. The maximum atomic E-state index is 5.90. The number of hydrogen-bond donors (Lipinski definition) is 1. The summed E-state index contributed by atoms with van der Waals surface area (Å²) in [4.78, 5) is 2.74. The molecule has 0 amide bonds. The van der Waals surface area contributed by atoms with Gasteiger partial charge in [0.2, 0.25) is 0 Å². The lowest BCUT2D eigenvalue weighted by atomic mass is 10.1. The Bertz CT molecular complexity index is 626. The van der Waals surface area contributed by atoms with Gasteiger partial charge in [0.1, 0.15) is 4.99 Å². The van der Waals surface area contributed by atoms with Gasteiger partial charge in [-0.25, -0.2) is 0 Å². The summed E-state index contributed by atoms with van der Waals surface area (Å²) < 4.78 is 0.984. The monoisotopic (exact) mass is 362 g/mol. The molecule has 0 heterocycles. The highest BCUT2D eigenvalue weighted by Crippen LogP contribution is 2.27. The number of nitrogens with zero attached hydrogens (tertiary/aromatic N) is 1. The van der Waals surface area contributed by atoms with Gasteiger partial charge in [-0.15, -0.1) is 0 Å². The molecule has 0 unspecified atom stereocenters. The van der Waals surface area contributed by atoms with Gasteiger partial charge in [0.05, 0.1) is 0 Å². The molecule has 2 nitrogen and oxygen atoms in total. The van der Waals surface area contributed by atoms with Crippen LogP contribution in [0.3, 0.4) is 0 Å². The Kier molecular flexibility index (Phi) is 5.37. The number of hydrogen-bond acceptors (Lipinski definition) is 2. The number of rotatable bonds is 5. The zero-order chi connectivity index (χ0) is 15.4. The molecule has 0 saturated heterocycles. The molecule has 21 heavy (non-hydrogen) atoms. The van der Waals surface area contributed by atoms with E-state index in [1.54, 1.807) is 0 Å². The number of halogens is 1. The molecule has 0 radical (unpaired) electrons. The van der Waals surface area contributed by atoms with E-state index in [4.69, 9.17) is 18.0 Å². The first-order valence-electron chi connectivity index (χ1n) is 6.89. The summed E-state index contributed by atoms with van der Waals surface area (Å²) in [5.41, 5.74) is 9.15. The minimum atomic E-state index is 0.347. The van der Waals surface area contributed by atoms with E-state index in [1.165, 1.54) is 5.56 Å². The van der Waals surface area contributed by atoms with Crippen LogP contribution < -0.4 is 10.6 Å². The fourth-order valence-electron chi connectivity index (χ4n) is 2.28. The van der Waals surface area contributed by atoms with Gasteiger partial charge in [0, 0.05) is 28.3 Å². The van der Waals surface area contributed by atoms with Crippen LogP contribution in [0.1, 0.15) is 25.0 Å². The van der Waals surface area contributed by atoms with Crippen LogP contribution in [-0.4, -0.2) is 11.0 Å². The van der Waals surface area contributed by atoms with Crippen LogP contribution in [0.4, 0.5) is 5.69 Å². The lowest BCUT2D eigenvalue weighted by Crippen LogP contribution is -2.32. The first-order chi connectivity index (χ1) is 9.99. The molecule has 110 valence electrons. The highest BCUT2D eigenvalue weighted by atomic mass is 79.9. The van der Waals surface area contributed by atoms with Gasteiger partial charge in [0.25, 0.3) is 0 Å². The average Bonchev–Trinajstić information content (AvgIpc) is 2.46. The Morgan fingerprint density at radius 2 is 1.86 bits per heavy atom. The maximum Gasteiger partial charge on any atom is 0.106 e. The maximum absolute atomic E-state index is 5.90. The quantitative estimate of drug-likeness (QED) is 0.794. The van der Waals surface area contributed by atoms with E-state index in [2.05, 4.69) is 65.0 Å². The minimum Gasteiger partial charge on any atom is -0.389 e. The first kappa shape index (κ1) is 16.0. The van der Waals surface area contributed by atoms with Gasteiger partial charge in [0.15, 0.2) is 0 Å². The summed E-state index contributed by atoms with van der Waals surface area (Å²) in [7, 11) is 0. The van der Waals surface area contributed by atoms with Crippen molar-refractivity contribution in [3.8, 4) is 0 Å². The lowest BCUT2D eigenvalue weighted by molar-refractivity contribution is 0.682. The van der Waals surface area contributed by atoms with Crippen molar-refractivity contribution in [2.75, 3.05) is 4.90 Å². The third-order valence-electron chi connectivity index (χ3n) is 3.35. The SMILES string of the molecule is CC(C)N(Cc1ccccc1)c1ccc(Br)cc1C(N)=S. The topological polar surface area (TPSA) is 29.3 Å². The standard InChI is InChI=1S/C17H19BrN2S/c1-12(2)20(11-13-6-4-3-5-7-13)16-9-8-14(18)10-15(16)17(19)21/h3-10,12H,11H2,1-2H3,(H2,19,21). The van der Waals surface area contributed by atoms with Crippen molar-refractivity contribution in [1.82, 2.24) is 0 Å². The molecule has 0 aromatic heterocycles. The summed E-state index contributed by atoms with van der Waals surface area (Å²) in [5, 5.41) is 0. The van der Waals surface area contributed by atoms with Crippen molar-refractivity contribution in [3.63, 3.8) is 0 Å². The number of nitrogens with two attached hydrogens (primary N) is 1. The van der Waals surface area contributed by atoms with Crippen molar-refractivity contribution in [2.45, 2.75) is 26.4 Å². The minimum absolute atomic E-state index is 0.347. The molecular formula is C17H19BrN2S. The van der Waals surface area contributed by atoms with E-state index in [1.807, 2.05) is 18.2 Å². The second kappa shape index (κ2) is 7.05. The predicted octanol–water partition coefficient (Wildman–Crippen LogP) is 4.50. The normalized spacial score (nSPS) is 10.7. The van der Waals surface area contributed by atoms with Gasteiger partial charge < -0.3 is 10.6 Å². The number of thiocarbonyl (C=S) groups is 1. The van der Waals surface area contributed by atoms with Gasteiger partial charge in [-0.1, -0.05) is 58.5 Å². The highest BCUT2D eigenvalue weighted by molar-refractivity contribution is 9.10. The zero-order valence-corrected chi connectivity index (χ0v) is 14.6. The molecule has 0 saturated carbocycles. The number of benzene rings is 2. The van der Waals surface area contributed by atoms with E-state index in [0.29, 0.717) is 11.0 Å². The third-order valence-corrected chi connectivity index (χ3v) is 4.07. The van der Waals surface area contributed by atoms with E-state index < -0.39 is 0 Å². The molecule has 2 aromatic carbocycles. The van der Waals surface area contributed by atoms with Crippen molar-refractivity contribution < 1.29 is 0 Å². The van der Waals surface area contributed by atoms with Crippen LogP contribution in [0.25, 0.3) is 0 Å². The molecule has 4 heteroatoms. The Labute approximate surface area is 140 Å². The zero-order valence-electron chi connectivity index (χ0n) is 12.2. The summed E-state index contributed by atoms with van der Waals surface area (Å²) >= 11 is 8.69. The molecule has 2 aromatic rings. The van der Waals surface area contributed by atoms with E-state index in [0.717, 1.165) is 22.3 Å². The van der Waals surface area contributed by atoms with Crippen LogP contribution in [0.2, 0.25) is 0 Å². The first-order valence-corrected chi connectivity index (χ1v) is 8.09. The smallest absolute Gasteiger partial charge is 0.106 e. The lowest BCUT2D eigenvalue weighted by Gasteiger charge is -2.31. The highest BCUT2D eigenvalue weighted by Gasteiger charge is 2.16. The van der Waals surface area contributed by atoms with E-state index in [-0.39, 0.29) is 0 Å². The van der Waals surface area contributed by atoms with Crippen molar-refractivity contribution >= 4 is 38.8 Å². The molecule has 0 aliphatic carbocycles. The molecule has 0 bridgehead atoms. The van der Waals surface area contributed by atoms with Crippen LogP contribution >= 0.6 is 28.1 Å². The van der Waals surface area contributed by atoms with Crippen molar-refractivity contribution in [1.29, 1.82) is 0 Å². The fraction of sp³-hybridized carbons (Fsp3) is 0.235. The molecule has 2 N–H and O–H groups in total. The summed E-state index contributed by atoms with van der Waals surface area (Å²) in [6, 6.07) is 16.8. The van der Waals surface area contributed by atoms with Crippen LogP contribution in [0.5, 0.6) is 0 Å². The molecule has 0 spiro atoms. The third kappa shape index (κ3) is 4.05. The van der Waals surface area contributed by atoms with Crippen LogP contribution in [0, 0.1) is 0 Å². The van der Waals surface area contributed by atoms with Gasteiger partial charge >= 0.3 is 0 Å². The molecule has 2 rings (SSSR count). The van der Waals surface area contributed by atoms with E-state index >= 15 is 0 Å². The van der Waals surface area contributed by atoms with Crippen molar-refractivity contribution in [3.05, 3.63) is 64.1 Å². The van der Waals surface area contributed by atoms with Crippen LogP contribution in [0.15, 0.2) is 53.0 Å². The number of anilines is 1. The Morgan fingerprint density at radius 1 is 1.19 bits per heavy atom. The predicted molar refractivity (Wildman–Crippen MR) is 97.8 cm³/mol.